The third kappa shape index (κ3) is 3.66. The van der Waals surface area contributed by atoms with Crippen LogP contribution in [0.3, 0.4) is 0 Å². The lowest BCUT2D eigenvalue weighted by Crippen LogP contribution is -2.47. The van der Waals surface area contributed by atoms with Crippen molar-refractivity contribution in [2.75, 3.05) is 30.3 Å². The van der Waals surface area contributed by atoms with E-state index in [4.69, 9.17) is 10.9 Å². The summed E-state index contributed by atoms with van der Waals surface area (Å²) in [6.07, 6.45) is 2.78. The lowest BCUT2D eigenvalue weighted by atomic mass is 9.93. The van der Waals surface area contributed by atoms with E-state index in [-0.39, 0.29) is 24.2 Å². The molecule has 1 aromatic carbocycles. The van der Waals surface area contributed by atoms with E-state index in [1.807, 2.05) is 23.1 Å². The van der Waals surface area contributed by atoms with Crippen LogP contribution in [0, 0.1) is 5.92 Å². The van der Waals surface area contributed by atoms with Crippen molar-refractivity contribution in [3.05, 3.63) is 23.8 Å². The summed E-state index contributed by atoms with van der Waals surface area (Å²) < 4.78 is 24.0. The largest absolute Gasteiger partial charge is 0.398 e. The molecule has 0 atom stereocenters. The maximum atomic E-state index is 12.9. The summed E-state index contributed by atoms with van der Waals surface area (Å²) in [4.78, 5) is 14.7. The van der Waals surface area contributed by atoms with E-state index >= 15 is 0 Å². The van der Waals surface area contributed by atoms with Gasteiger partial charge in [-0.25, -0.2) is 5.14 Å². The van der Waals surface area contributed by atoms with Crippen molar-refractivity contribution in [1.29, 1.82) is 0 Å². The van der Waals surface area contributed by atoms with Gasteiger partial charge in [-0.2, -0.15) is 12.7 Å². The van der Waals surface area contributed by atoms with Gasteiger partial charge in [-0.15, -0.1) is 12.4 Å². The second-order valence-corrected chi connectivity index (χ2v) is 7.70. The van der Waals surface area contributed by atoms with Gasteiger partial charge in [0, 0.05) is 36.9 Å². The van der Waals surface area contributed by atoms with Crippen molar-refractivity contribution >= 4 is 39.9 Å². The molecular formula is C15H23ClN4O3S. The first-order valence-corrected chi connectivity index (χ1v) is 9.35. The molecule has 134 valence electrons. The molecule has 1 aromatic rings. The van der Waals surface area contributed by atoms with Crippen LogP contribution in [0.1, 0.15) is 24.8 Å². The van der Waals surface area contributed by atoms with Crippen LogP contribution in [0.2, 0.25) is 0 Å². The highest BCUT2D eigenvalue weighted by Crippen LogP contribution is 2.33. The Morgan fingerprint density at radius 1 is 1.17 bits per heavy atom. The van der Waals surface area contributed by atoms with Gasteiger partial charge >= 0.3 is 0 Å². The van der Waals surface area contributed by atoms with Gasteiger partial charge in [0.1, 0.15) is 0 Å². The average molecular weight is 375 g/mol. The molecule has 2 aliphatic heterocycles. The zero-order chi connectivity index (χ0) is 16.6. The summed E-state index contributed by atoms with van der Waals surface area (Å²) in [5.41, 5.74) is 8.68. The molecular weight excluding hydrogens is 352 g/mol. The number of hydrogen-bond acceptors (Lipinski definition) is 4. The fourth-order valence-electron chi connectivity index (χ4n) is 3.46. The minimum Gasteiger partial charge on any atom is -0.398 e. The molecule has 2 aliphatic rings. The molecule has 1 amide bonds. The van der Waals surface area contributed by atoms with Gasteiger partial charge in [0.15, 0.2) is 0 Å². The molecule has 9 heteroatoms. The zero-order valence-corrected chi connectivity index (χ0v) is 15.0. The van der Waals surface area contributed by atoms with Crippen molar-refractivity contribution in [2.24, 2.45) is 11.1 Å². The standard InChI is InChI=1S/C15H22N4O3S.ClH/c16-13-4-1-5-14-12(13)3-2-8-19(14)15(20)11-6-9-18(10-7-11)23(17,21)22;/h1,4-5,11H,2-3,6-10,16H2,(H2,17,21,22);1H. The fraction of sp³-hybridized carbons (Fsp3) is 0.533. The number of anilines is 2. The van der Waals surface area contributed by atoms with Crippen molar-refractivity contribution in [1.82, 2.24) is 4.31 Å². The Morgan fingerprint density at radius 3 is 2.46 bits per heavy atom. The van der Waals surface area contributed by atoms with E-state index < -0.39 is 10.2 Å². The lowest BCUT2D eigenvalue weighted by molar-refractivity contribution is -0.123. The van der Waals surface area contributed by atoms with Crippen LogP contribution in [0.4, 0.5) is 11.4 Å². The number of halogens is 1. The predicted molar refractivity (Wildman–Crippen MR) is 96.2 cm³/mol. The highest BCUT2D eigenvalue weighted by molar-refractivity contribution is 7.86. The topological polar surface area (TPSA) is 110 Å². The number of piperidine rings is 1. The molecule has 0 aromatic heterocycles. The minimum atomic E-state index is -3.66. The number of rotatable bonds is 2. The second kappa shape index (κ2) is 7.26. The smallest absolute Gasteiger partial charge is 0.276 e. The molecule has 2 heterocycles. The van der Waals surface area contributed by atoms with E-state index in [1.165, 1.54) is 4.31 Å². The molecule has 0 spiro atoms. The first kappa shape index (κ1) is 19.0. The summed E-state index contributed by atoms with van der Waals surface area (Å²) >= 11 is 0. The molecule has 0 aliphatic carbocycles. The number of fused-ring (bicyclic) bond motifs is 1. The number of amides is 1. The Kier molecular flexibility index (Phi) is 5.74. The number of nitrogens with zero attached hydrogens (tertiary/aromatic N) is 2. The number of hydrogen-bond donors (Lipinski definition) is 2. The molecule has 4 N–H and O–H groups in total. The Bertz CT molecular complexity index is 717. The van der Waals surface area contributed by atoms with Crippen LogP contribution in [-0.2, 0) is 21.4 Å². The summed E-state index contributed by atoms with van der Waals surface area (Å²) in [7, 11) is -3.66. The number of carbonyl (C=O) groups is 1. The summed E-state index contributed by atoms with van der Waals surface area (Å²) in [5.74, 6) is -0.106. The second-order valence-electron chi connectivity index (χ2n) is 6.16. The van der Waals surface area contributed by atoms with Crippen LogP contribution in [0.25, 0.3) is 0 Å². The van der Waals surface area contributed by atoms with E-state index in [9.17, 15) is 13.2 Å². The van der Waals surface area contributed by atoms with Crippen molar-refractivity contribution < 1.29 is 13.2 Å². The maximum absolute atomic E-state index is 12.9. The van der Waals surface area contributed by atoms with Crippen molar-refractivity contribution in [3.63, 3.8) is 0 Å². The van der Waals surface area contributed by atoms with Crippen LogP contribution in [0.15, 0.2) is 18.2 Å². The van der Waals surface area contributed by atoms with Crippen LogP contribution >= 0.6 is 12.4 Å². The maximum Gasteiger partial charge on any atom is 0.276 e. The Hall–Kier alpha value is -1.35. The van der Waals surface area contributed by atoms with Crippen LogP contribution in [0.5, 0.6) is 0 Å². The molecule has 0 radical (unpaired) electrons. The third-order valence-electron chi connectivity index (χ3n) is 4.72. The van der Waals surface area contributed by atoms with Gasteiger partial charge in [0.2, 0.25) is 5.91 Å². The SMILES string of the molecule is Cl.Nc1cccc2c1CCCN2C(=O)C1CCN(S(N)(=O)=O)CC1. The van der Waals surface area contributed by atoms with Gasteiger partial charge in [0.25, 0.3) is 10.2 Å². The quantitative estimate of drug-likeness (QED) is 0.749. The summed E-state index contributed by atoms with van der Waals surface area (Å²) in [5, 5.41) is 5.14. The monoisotopic (exact) mass is 374 g/mol. The van der Waals surface area contributed by atoms with Gasteiger partial charge < -0.3 is 10.6 Å². The highest BCUT2D eigenvalue weighted by Gasteiger charge is 2.33. The van der Waals surface area contributed by atoms with Gasteiger partial charge in [-0.05, 0) is 43.4 Å². The molecule has 7 nitrogen and oxygen atoms in total. The lowest BCUT2D eigenvalue weighted by Gasteiger charge is -2.35. The minimum absolute atomic E-state index is 0. The van der Waals surface area contributed by atoms with Crippen LogP contribution < -0.4 is 15.8 Å². The average Bonchev–Trinajstić information content (AvgIpc) is 2.53. The molecule has 0 saturated carbocycles. The van der Waals surface area contributed by atoms with E-state index in [0.717, 1.165) is 29.8 Å². The molecule has 1 saturated heterocycles. The normalized spacial score (nSPS) is 19.5. The van der Waals surface area contributed by atoms with E-state index in [1.54, 1.807) is 0 Å². The number of nitrogens with two attached hydrogens (primary N) is 2. The first-order chi connectivity index (χ1) is 10.9. The van der Waals surface area contributed by atoms with Gasteiger partial charge in [-0.1, -0.05) is 6.07 Å². The Labute approximate surface area is 148 Å². The fourth-order valence-corrected chi connectivity index (χ4v) is 4.18. The molecule has 1 fully saturated rings. The number of benzene rings is 1. The highest BCUT2D eigenvalue weighted by atomic mass is 35.5. The van der Waals surface area contributed by atoms with Crippen molar-refractivity contribution in [3.8, 4) is 0 Å². The van der Waals surface area contributed by atoms with E-state index in [0.29, 0.717) is 32.5 Å². The zero-order valence-electron chi connectivity index (χ0n) is 13.3. The van der Waals surface area contributed by atoms with Gasteiger partial charge in [-0.3, -0.25) is 4.79 Å². The molecule has 0 bridgehead atoms. The molecule has 3 rings (SSSR count). The molecule has 0 unspecified atom stereocenters. The van der Waals surface area contributed by atoms with Crippen LogP contribution in [-0.4, -0.2) is 38.3 Å². The van der Waals surface area contributed by atoms with E-state index in [2.05, 4.69) is 0 Å². The Balaban J connectivity index is 0.00000208. The first-order valence-electron chi connectivity index (χ1n) is 7.84. The third-order valence-corrected chi connectivity index (χ3v) is 5.80. The van der Waals surface area contributed by atoms with Crippen molar-refractivity contribution in [2.45, 2.75) is 25.7 Å². The van der Waals surface area contributed by atoms with Gasteiger partial charge in [0.05, 0.1) is 0 Å². The number of nitrogen functional groups attached to an aromatic ring is 1. The summed E-state index contributed by atoms with van der Waals surface area (Å²) in [6.45, 7) is 1.28. The summed E-state index contributed by atoms with van der Waals surface area (Å²) in [6, 6.07) is 5.66. The predicted octanol–water partition coefficient (Wildman–Crippen LogP) is 0.885. The number of carbonyl (C=O) groups excluding carboxylic acids is 1. The molecule has 24 heavy (non-hydrogen) atoms. The Morgan fingerprint density at radius 2 is 1.83 bits per heavy atom.